The van der Waals surface area contributed by atoms with Crippen molar-refractivity contribution in [2.75, 3.05) is 6.54 Å². The smallest absolute Gasteiger partial charge is 0.187 e. The maximum Gasteiger partial charge on any atom is 0.187 e. The zero-order valence-corrected chi connectivity index (χ0v) is 14.6. The lowest BCUT2D eigenvalue weighted by Gasteiger charge is -2.09. The molecule has 124 valence electrons. The highest BCUT2D eigenvalue weighted by molar-refractivity contribution is 7.80. The minimum atomic E-state index is 0.436. The molecule has 0 aromatic heterocycles. The summed E-state index contributed by atoms with van der Waals surface area (Å²) in [5.74, 6) is 0.739. The van der Waals surface area contributed by atoms with Gasteiger partial charge in [0.05, 0.1) is 6.21 Å². The number of hydrogen-bond donors (Lipinski definition) is 2. The lowest BCUT2D eigenvalue weighted by atomic mass is 10.2. The molecule has 0 aliphatic carbocycles. The Morgan fingerprint density at radius 1 is 1.21 bits per heavy atom. The normalized spacial score (nSPS) is 10.4. The molecule has 24 heavy (non-hydrogen) atoms. The summed E-state index contributed by atoms with van der Waals surface area (Å²) in [6.45, 7) is 4.65. The van der Waals surface area contributed by atoms with Crippen molar-refractivity contribution in [3.05, 3.63) is 77.3 Å². The molecule has 0 atom stereocenters. The fourth-order valence-electron chi connectivity index (χ4n) is 1.83. The van der Waals surface area contributed by atoms with Gasteiger partial charge in [-0.15, -0.1) is 6.58 Å². The molecule has 6 heteroatoms. The highest BCUT2D eigenvalue weighted by Crippen LogP contribution is 2.18. The topological polar surface area (TPSA) is 45.7 Å². The summed E-state index contributed by atoms with van der Waals surface area (Å²) in [7, 11) is 0. The number of thiocarbonyl (C=S) groups is 1. The quantitative estimate of drug-likeness (QED) is 0.340. The van der Waals surface area contributed by atoms with E-state index in [0.29, 0.717) is 23.3 Å². The number of hydrazone groups is 1. The van der Waals surface area contributed by atoms with E-state index in [0.717, 1.165) is 16.9 Å². The highest BCUT2D eigenvalue weighted by atomic mass is 35.5. The molecule has 0 fully saturated rings. The van der Waals surface area contributed by atoms with Gasteiger partial charge in [-0.1, -0.05) is 41.9 Å². The van der Waals surface area contributed by atoms with Crippen LogP contribution in [0.2, 0.25) is 5.02 Å². The van der Waals surface area contributed by atoms with Crippen LogP contribution in [0.4, 0.5) is 0 Å². The molecule has 2 N–H and O–H groups in total. The highest BCUT2D eigenvalue weighted by Gasteiger charge is 2.02. The van der Waals surface area contributed by atoms with Crippen molar-refractivity contribution >= 4 is 35.1 Å². The average Bonchev–Trinajstić information content (AvgIpc) is 2.60. The number of rotatable bonds is 7. The van der Waals surface area contributed by atoms with Crippen LogP contribution in [0, 0.1) is 0 Å². The fourth-order valence-corrected chi connectivity index (χ4v) is 2.09. The van der Waals surface area contributed by atoms with Gasteiger partial charge in [0, 0.05) is 17.1 Å². The number of nitrogens with one attached hydrogen (secondary N) is 2. The molecule has 2 aromatic carbocycles. The minimum Gasteiger partial charge on any atom is -0.488 e. The van der Waals surface area contributed by atoms with Gasteiger partial charge in [0.1, 0.15) is 12.4 Å². The van der Waals surface area contributed by atoms with Crippen LogP contribution in [-0.2, 0) is 6.61 Å². The van der Waals surface area contributed by atoms with Gasteiger partial charge in [-0.2, -0.15) is 5.10 Å². The summed E-state index contributed by atoms with van der Waals surface area (Å²) in [6.07, 6.45) is 3.39. The molecule has 0 aliphatic rings. The van der Waals surface area contributed by atoms with Gasteiger partial charge in [0.25, 0.3) is 0 Å². The van der Waals surface area contributed by atoms with E-state index in [1.165, 1.54) is 0 Å². The Morgan fingerprint density at radius 2 is 1.96 bits per heavy atom. The van der Waals surface area contributed by atoms with Crippen LogP contribution < -0.4 is 15.5 Å². The largest absolute Gasteiger partial charge is 0.488 e. The number of para-hydroxylation sites is 1. The Labute approximate surface area is 152 Å². The first kappa shape index (κ1) is 18.0. The molecule has 0 amide bonds. The molecule has 0 unspecified atom stereocenters. The summed E-state index contributed by atoms with van der Waals surface area (Å²) < 4.78 is 5.86. The standard InChI is InChI=1S/C18H18ClN3OS/c1-2-11-20-18(24)22-21-12-15-5-3-4-6-17(15)23-13-14-7-9-16(19)10-8-14/h2-10,12H,1,11,13H2,(H2,20,22,24). The van der Waals surface area contributed by atoms with Crippen molar-refractivity contribution in [1.82, 2.24) is 10.7 Å². The maximum atomic E-state index is 5.88. The number of nitrogens with zero attached hydrogens (tertiary/aromatic N) is 1. The molecular weight excluding hydrogens is 342 g/mol. The lowest BCUT2D eigenvalue weighted by molar-refractivity contribution is 0.306. The van der Waals surface area contributed by atoms with Crippen LogP contribution in [0.1, 0.15) is 11.1 Å². The molecule has 0 heterocycles. The van der Waals surface area contributed by atoms with Crippen LogP contribution in [0.25, 0.3) is 0 Å². The Balaban J connectivity index is 1.95. The molecule has 0 bridgehead atoms. The molecule has 0 saturated carbocycles. The summed E-state index contributed by atoms with van der Waals surface area (Å²) in [6, 6.07) is 15.2. The van der Waals surface area contributed by atoms with E-state index in [9.17, 15) is 0 Å². The molecule has 4 nitrogen and oxygen atoms in total. The summed E-state index contributed by atoms with van der Waals surface area (Å²) in [5, 5.41) is 8.18. The third-order valence-corrected chi connectivity index (χ3v) is 3.49. The van der Waals surface area contributed by atoms with Gasteiger partial charge in [0.15, 0.2) is 5.11 Å². The molecule has 0 saturated heterocycles. The number of benzene rings is 2. The average molecular weight is 360 g/mol. The molecule has 0 radical (unpaired) electrons. The SMILES string of the molecule is C=CCNC(=S)NN=Cc1ccccc1OCc1ccc(Cl)cc1. The van der Waals surface area contributed by atoms with E-state index < -0.39 is 0 Å². The van der Waals surface area contributed by atoms with E-state index >= 15 is 0 Å². The molecule has 0 aliphatic heterocycles. The molecule has 2 rings (SSSR count). The first-order valence-electron chi connectivity index (χ1n) is 7.33. The van der Waals surface area contributed by atoms with Gasteiger partial charge in [0.2, 0.25) is 0 Å². The maximum absolute atomic E-state index is 5.88. The van der Waals surface area contributed by atoms with Gasteiger partial charge >= 0.3 is 0 Å². The number of hydrogen-bond acceptors (Lipinski definition) is 3. The second-order valence-electron chi connectivity index (χ2n) is 4.82. The first-order valence-corrected chi connectivity index (χ1v) is 8.11. The van der Waals surface area contributed by atoms with Crippen molar-refractivity contribution in [3.8, 4) is 5.75 Å². The Hall–Kier alpha value is -2.37. The van der Waals surface area contributed by atoms with Crippen molar-refractivity contribution in [2.24, 2.45) is 5.10 Å². The predicted molar refractivity (Wildman–Crippen MR) is 104 cm³/mol. The monoisotopic (exact) mass is 359 g/mol. The lowest BCUT2D eigenvalue weighted by Crippen LogP contribution is -2.31. The van der Waals surface area contributed by atoms with Gasteiger partial charge < -0.3 is 10.1 Å². The van der Waals surface area contributed by atoms with Crippen LogP contribution in [0.5, 0.6) is 5.75 Å². The van der Waals surface area contributed by atoms with Gasteiger partial charge in [-0.3, -0.25) is 5.43 Å². The summed E-state index contributed by atoms with van der Waals surface area (Å²) >= 11 is 10.9. The third-order valence-electron chi connectivity index (χ3n) is 3.00. The Bertz CT molecular complexity index is 716. The zero-order chi connectivity index (χ0) is 17.2. The van der Waals surface area contributed by atoms with Crippen molar-refractivity contribution < 1.29 is 4.74 Å². The molecular formula is C18H18ClN3OS. The third kappa shape index (κ3) is 6.02. The second-order valence-corrected chi connectivity index (χ2v) is 5.67. The number of ether oxygens (including phenoxy) is 1. The summed E-state index contributed by atoms with van der Waals surface area (Å²) in [5.41, 5.74) is 4.64. The molecule has 2 aromatic rings. The van der Waals surface area contributed by atoms with Crippen LogP contribution in [0.15, 0.2) is 66.3 Å². The second kappa shape index (κ2) is 9.70. The first-order chi connectivity index (χ1) is 11.7. The van der Waals surface area contributed by atoms with Crippen LogP contribution in [0.3, 0.4) is 0 Å². The minimum absolute atomic E-state index is 0.436. The van der Waals surface area contributed by atoms with E-state index in [4.69, 9.17) is 28.6 Å². The van der Waals surface area contributed by atoms with E-state index in [1.807, 2.05) is 48.5 Å². The predicted octanol–water partition coefficient (Wildman–Crippen LogP) is 3.90. The van der Waals surface area contributed by atoms with E-state index in [-0.39, 0.29) is 0 Å². The zero-order valence-electron chi connectivity index (χ0n) is 13.0. The van der Waals surface area contributed by atoms with Crippen LogP contribution in [-0.4, -0.2) is 17.9 Å². The Morgan fingerprint density at radius 3 is 2.71 bits per heavy atom. The van der Waals surface area contributed by atoms with Crippen molar-refractivity contribution in [1.29, 1.82) is 0 Å². The molecule has 0 spiro atoms. The van der Waals surface area contributed by atoms with E-state index in [1.54, 1.807) is 12.3 Å². The van der Waals surface area contributed by atoms with E-state index in [2.05, 4.69) is 22.4 Å². The van der Waals surface area contributed by atoms with Crippen molar-refractivity contribution in [3.63, 3.8) is 0 Å². The van der Waals surface area contributed by atoms with Crippen LogP contribution >= 0.6 is 23.8 Å². The van der Waals surface area contributed by atoms with Gasteiger partial charge in [-0.25, -0.2) is 0 Å². The number of halogens is 1. The van der Waals surface area contributed by atoms with Gasteiger partial charge in [-0.05, 0) is 42.0 Å². The summed E-state index contributed by atoms with van der Waals surface area (Å²) in [4.78, 5) is 0. The Kier molecular flexibility index (Phi) is 7.26. The van der Waals surface area contributed by atoms with Crippen molar-refractivity contribution in [2.45, 2.75) is 6.61 Å². The fraction of sp³-hybridized carbons (Fsp3) is 0.111.